The van der Waals surface area contributed by atoms with Crippen molar-refractivity contribution in [3.05, 3.63) is 257 Å². The Bertz CT molecular complexity index is 3600. The highest BCUT2D eigenvalue weighted by atomic mass is 15.1. The molecule has 0 saturated carbocycles. The molecule has 0 atom stereocenters. The Kier molecular flexibility index (Phi) is 8.80. The molecule has 10 aromatic rings. The number of benzene rings is 10. The lowest BCUT2D eigenvalue weighted by Crippen LogP contribution is -2.25. The average Bonchev–Trinajstić information content (AvgIpc) is 3.94. The summed E-state index contributed by atoms with van der Waals surface area (Å²) < 4.78 is 0. The van der Waals surface area contributed by atoms with Gasteiger partial charge in [-0.3, -0.25) is 0 Å². The van der Waals surface area contributed by atoms with Gasteiger partial charge in [0.15, 0.2) is 0 Å². The topological polar surface area (TPSA) is 3.24 Å². The second kappa shape index (κ2) is 14.9. The van der Waals surface area contributed by atoms with Crippen molar-refractivity contribution < 1.29 is 0 Å². The summed E-state index contributed by atoms with van der Waals surface area (Å²) >= 11 is 0. The third-order valence-electron chi connectivity index (χ3n) is 15.7. The Morgan fingerprint density at radius 2 is 0.731 bits per heavy atom. The van der Waals surface area contributed by atoms with Gasteiger partial charge in [-0.05, 0) is 172 Å². The van der Waals surface area contributed by atoms with E-state index in [1.54, 1.807) is 0 Å². The van der Waals surface area contributed by atoms with Gasteiger partial charge in [-0.25, -0.2) is 0 Å². The molecule has 320 valence electrons. The van der Waals surface area contributed by atoms with Crippen LogP contribution in [0.5, 0.6) is 0 Å². The lowest BCUT2D eigenvalue weighted by Gasteiger charge is -2.30. The molecule has 0 aliphatic heterocycles. The number of hydrogen-bond donors (Lipinski definition) is 0. The number of fused-ring (bicyclic) bond motifs is 14. The van der Waals surface area contributed by atoms with E-state index in [-0.39, 0.29) is 10.8 Å². The van der Waals surface area contributed by atoms with Crippen molar-refractivity contribution in [3.8, 4) is 55.6 Å². The zero-order valence-electron chi connectivity index (χ0n) is 38.6. The molecule has 0 heterocycles. The minimum atomic E-state index is -0.366. The first-order valence-corrected chi connectivity index (χ1v) is 24.1. The van der Waals surface area contributed by atoms with Gasteiger partial charge in [0.1, 0.15) is 0 Å². The maximum atomic E-state index is 2.49. The van der Waals surface area contributed by atoms with E-state index >= 15 is 0 Å². The van der Waals surface area contributed by atoms with Gasteiger partial charge in [0, 0.05) is 22.5 Å². The second-order valence-electron chi connectivity index (χ2n) is 19.3. The first kappa shape index (κ1) is 39.6. The van der Waals surface area contributed by atoms with E-state index in [0.29, 0.717) is 0 Å². The van der Waals surface area contributed by atoms with Crippen molar-refractivity contribution in [1.29, 1.82) is 0 Å². The molecule has 0 amide bonds. The molecule has 3 aliphatic rings. The highest BCUT2D eigenvalue weighted by Gasteiger charge is 2.51. The van der Waals surface area contributed by atoms with Crippen LogP contribution < -0.4 is 4.90 Å². The van der Waals surface area contributed by atoms with Gasteiger partial charge in [-0.2, -0.15) is 0 Å². The van der Waals surface area contributed by atoms with E-state index in [2.05, 4.69) is 245 Å². The predicted octanol–water partition coefficient (Wildman–Crippen LogP) is 17.4. The highest BCUT2D eigenvalue weighted by Crippen LogP contribution is 2.63. The summed E-state index contributed by atoms with van der Waals surface area (Å²) in [7, 11) is 0. The first-order chi connectivity index (χ1) is 32.9. The summed E-state index contributed by atoms with van der Waals surface area (Å²) in [5.41, 5.74) is 27.1. The Labute approximate surface area is 394 Å². The Balaban J connectivity index is 0.938. The fourth-order valence-corrected chi connectivity index (χ4v) is 12.5. The van der Waals surface area contributed by atoms with Crippen molar-refractivity contribution in [3.63, 3.8) is 0 Å². The molecule has 10 aromatic carbocycles. The molecular weight excluding hydrogens is 807 g/mol. The third kappa shape index (κ3) is 5.68. The number of hydrogen-bond acceptors (Lipinski definition) is 1. The van der Waals surface area contributed by atoms with E-state index < -0.39 is 0 Å². The summed E-state index contributed by atoms with van der Waals surface area (Å²) in [5.74, 6) is 0. The molecule has 0 radical (unpaired) electrons. The van der Waals surface area contributed by atoms with E-state index in [9.17, 15) is 0 Å². The van der Waals surface area contributed by atoms with Crippen LogP contribution in [0.1, 0.15) is 72.2 Å². The fraction of sp³-hybridized carbons (Fsp3) is 0.121. The number of rotatable bonds is 7. The largest absolute Gasteiger partial charge is 0.310 e. The Hall–Kier alpha value is -7.74. The lowest BCUT2D eigenvalue weighted by atomic mass is 9.70. The predicted molar refractivity (Wildman–Crippen MR) is 282 cm³/mol. The zero-order valence-corrected chi connectivity index (χ0v) is 38.6. The quantitative estimate of drug-likeness (QED) is 0.154. The molecule has 0 aromatic heterocycles. The van der Waals surface area contributed by atoms with Crippen LogP contribution in [0.15, 0.2) is 212 Å². The smallest absolute Gasteiger partial charge is 0.0725 e. The van der Waals surface area contributed by atoms with Crippen molar-refractivity contribution in [1.82, 2.24) is 0 Å². The summed E-state index contributed by atoms with van der Waals surface area (Å²) in [6, 6.07) is 80.6. The van der Waals surface area contributed by atoms with Crippen molar-refractivity contribution in [2.75, 3.05) is 4.90 Å². The Morgan fingerprint density at radius 1 is 0.313 bits per heavy atom. The monoisotopic (exact) mass is 857 g/mol. The zero-order chi connectivity index (χ0) is 45.0. The van der Waals surface area contributed by atoms with Crippen LogP contribution in [0.25, 0.3) is 66.4 Å². The van der Waals surface area contributed by atoms with Gasteiger partial charge in [0.2, 0.25) is 0 Å². The molecule has 0 bridgehead atoms. The molecule has 13 rings (SSSR count). The van der Waals surface area contributed by atoms with Crippen LogP contribution in [-0.2, 0) is 23.7 Å². The van der Waals surface area contributed by atoms with E-state index in [1.165, 1.54) is 122 Å². The molecule has 3 aliphatic carbocycles. The molecule has 0 fully saturated rings. The van der Waals surface area contributed by atoms with Gasteiger partial charge in [-0.15, -0.1) is 0 Å². The molecule has 0 unspecified atom stereocenters. The van der Waals surface area contributed by atoms with Gasteiger partial charge in [0.25, 0.3) is 0 Å². The fourth-order valence-electron chi connectivity index (χ4n) is 12.5. The molecule has 1 spiro atoms. The van der Waals surface area contributed by atoms with E-state index in [0.717, 1.165) is 18.5 Å². The van der Waals surface area contributed by atoms with Crippen LogP contribution in [0.4, 0.5) is 17.1 Å². The van der Waals surface area contributed by atoms with Crippen LogP contribution in [0.2, 0.25) is 0 Å². The van der Waals surface area contributed by atoms with Crippen molar-refractivity contribution >= 4 is 27.8 Å². The van der Waals surface area contributed by atoms with Gasteiger partial charge in [-0.1, -0.05) is 191 Å². The minimum Gasteiger partial charge on any atom is -0.310 e. The molecule has 1 nitrogen and oxygen atoms in total. The minimum absolute atomic E-state index is 0.111. The van der Waals surface area contributed by atoms with E-state index in [4.69, 9.17) is 0 Å². The standard InChI is InChI=1S/C66H51N/c1-5-42-17-7-8-18-51(42)52-35-32-49(38-43(52)6-2)67(50-33-36-57-53-19-9-13-23-59(53)65(3,4)63(57)41-50)48-31-29-45-37-44(27-28-46(45)39-48)47-30-34-58-56-22-12-16-26-62(56)66(64(58)40-47)60-24-14-10-20-54(60)55-21-11-15-25-61(55)66/h7-41H,5-6H2,1-4H3. The maximum absolute atomic E-state index is 2.49. The van der Waals surface area contributed by atoms with Crippen LogP contribution >= 0.6 is 0 Å². The van der Waals surface area contributed by atoms with E-state index in [1.807, 2.05) is 0 Å². The summed E-state index contributed by atoms with van der Waals surface area (Å²) in [6.07, 6.45) is 1.95. The molecule has 0 saturated heterocycles. The number of nitrogens with zero attached hydrogens (tertiary/aromatic N) is 1. The van der Waals surface area contributed by atoms with Gasteiger partial charge >= 0.3 is 0 Å². The normalized spacial score (nSPS) is 14.0. The van der Waals surface area contributed by atoms with Crippen LogP contribution in [0, 0.1) is 0 Å². The second-order valence-corrected chi connectivity index (χ2v) is 19.3. The lowest BCUT2D eigenvalue weighted by molar-refractivity contribution is 0.660. The first-order valence-electron chi connectivity index (χ1n) is 24.1. The average molecular weight is 858 g/mol. The van der Waals surface area contributed by atoms with Crippen LogP contribution in [0.3, 0.4) is 0 Å². The third-order valence-corrected chi connectivity index (χ3v) is 15.7. The summed E-state index contributed by atoms with van der Waals surface area (Å²) in [4.78, 5) is 2.48. The molecule has 1 heteroatoms. The van der Waals surface area contributed by atoms with Crippen molar-refractivity contribution in [2.24, 2.45) is 0 Å². The molecule has 0 N–H and O–H groups in total. The molecular formula is C66H51N. The summed E-state index contributed by atoms with van der Waals surface area (Å²) in [5, 5.41) is 2.44. The maximum Gasteiger partial charge on any atom is 0.0725 e. The van der Waals surface area contributed by atoms with Crippen LogP contribution in [-0.4, -0.2) is 0 Å². The van der Waals surface area contributed by atoms with Crippen molar-refractivity contribution in [2.45, 2.75) is 51.4 Å². The van der Waals surface area contributed by atoms with Gasteiger partial charge in [0.05, 0.1) is 5.41 Å². The highest BCUT2D eigenvalue weighted by molar-refractivity contribution is 5.98. The number of aryl methyl sites for hydroxylation is 2. The Morgan fingerprint density at radius 3 is 1.39 bits per heavy atom. The summed E-state index contributed by atoms with van der Waals surface area (Å²) in [6.45, 7) is 9.29. The van der Waals surface area contributed by atoms with Gasteiger partial charge < -0.3 is 4.90 Å². The SMILES string of the molecule is CCc1ccccc1-c1ccc(N(c2ccc3c(c2)C(C)(C)c2ccccc2-3)c2ccc3cc(-c4ccc5c(c4)C4(c6ccccc6-c6ccccc64)c4ccccc4-5)ccc3c2)cc1CC. The molecule has 67 heavy (non-hydrogen) atoms. The number of anilines is 3.